The van der Waals surface area contributed by atoms with Crippen LogP contribution in [0.2, 0.25) is 0 Å². The first-order chi connectivity index (χ1) is 16.4. The van der Waals surface area contributed by atoms with E-state index in [1.165, 1.54) is 0 Å². The summed E-state index contributed by atoms with van der Waals surface area (Å²) in [6.45, 7) is 1.94. The first-order valence-electron chi connectivity index (χ1n) is 10.2. The van der Waals surface area contributed by atoms with Gasteiger partial charge < -0.3 is 15.0 Å². The van der Waals surface area contributed by atoms with Crippen LogP contribution in [0.15, 0.2) is 35.6 Å². The number of hydrogen-bond donors (Lipinski definition) is 2. The smallest absolute Gasteiger partial charge is 0.366 e. The number of carbonyl (C=O) groups excluding carboxylic acids is 1. The van der Waals surface area contributed by atoms with E-state index in [-0.39, 0.29) is 18.8 Å². The van der Waals surface area contributed by atoms with E-state index in [0.717, 1.165) is 23.2 Å². The number of amides is 1. The average molecular weight is 541 g/mol. The lowest BCUT2D eigenvalue weighted by Crippen LogP contribution is -2.42. The van der Waals surface area contributed by atoms with Crippen LogP contribution in [0.5, 0.6) is 0 Å². The molecule has 1 fully saturated rings. The zero-order valence-electron chi connectivity index (χ0n) is 18.8. The second-order valence-electron chi connectivity index (χ2n) is 8.86. The number of primary sulfonamides is 1. The van der Waals surface area contributed by atoms with Gasteiger partial charge in [-0.15, -0.1) is 0 Å². The molecule has 1 atom stereocenters. The lowest BCUT2D eigenvalue weighted by Gasteiger charge is -2.31. The lowest BCUT2D eigenvalue weighted by atomic mass is 9.94. The fourth-order valence-electron chi connectivity index (χ4n) is 3.44. The van der Waals surface area contributed by atoms with Crippen LogP contribution < -0.4 is 15.4 Å². The molecule has 198 valence electrons. The van der Waals surface area contributed by atoms with Gasteiger partial charge in [-0.2, -0.15) is 26.3 Å². The molecule has 2 aromatic rings. The number of anilines is 2. The summed E-state index contributed by atoms with van der Waals surface area (Å²) in [4.78, 5) is 21.3. The third-order valence-corrected chi connectivity index (χ3v) is 5.87. The van der Waals surface area contributed by atoms with Crippen LogP contribution >= 0.6 is 0 Å². The van der Waals surface area contributed by atoms with Gasteiger partial charge in [0.25, 0.3) is 15.9 Å². The average Bonchev–Trinajstić information content (AvgIpc) is 2.90. The number of sulfonamides is 1. The molecule has 0 unspecified atom stereocenters. The summed E-state index contributed by atoms with van der Waals surface area (Å²) in [7, 11) is -4.27. The Morgan fingerprint density at radius 1 is 1.19 bits per heavy atom. The molecule has 0 saturated carbocycles. The Morgan fingerprint density at radius 2 is 1.86 bits per heavy atom. The van der Waals surface area contributed by atoms with Gasteiger partial charge in [0, 0.05) is 36.1 Å². The minimum absolute atomic E-state index is 0.122. The predicted octanol–water partition coefficient (Wildman–Crippen LogP) is 3.19. The van der Waals surface area contributed by atoms with E-state index in [1.807, 2.05) is 0 Å². The van der Waals surface area contributed by atoms with Crippen molar-refractivity contribution in [1.82, 2.24) is 9.97 Å². The summed E-state index contributed by atoms with van der Waals surface area (Å²) in [5.74, 6) is -1.62. The largest absolute Gasteiger partial charge is 0.417 e. The van der Waals surface area contributed by atoms with Gasteiger partial charge in [-0.1, -0.05) is 13.8 Å². The second kappa shape index (κ2) is 9.48. The molecule has 0 bridgehead atoms. The number of pyridine rings is 2. The van der Waals surface area contributed by atoms with Crippen molar-refractivity contribution in [3.63, 3.8) is 0 Å². The van der Waals surface area contributed by atoms with Gasteiger partial charge in [0.2, 0.25) is 0 Å². The maximum atomic E-state index is 13.5. The van der Waals surface area contributed by atoms with Crippen molar-refractivity contribution in [3.05, 3.63) is 41.7 Å². The second-order valence-corrected chi connectivity index (χ2v) is 10.4. The molecule has 0 aliphatic carbocycles. The van der Waals surface area contributed by atoms with E-state index in [0.29, 0.717) is 12.3 Å². The quantitative estimate of drug-likeness (QED) is 0.569. The molecule has 3 N–H and O–H groups in total. The van der Waals surface area contributed by atoms with Gasteiger partial charge in [-0.3, -0.25) is 4.79 Å². The number of alkyl halides is 6. The molecule has 3 rings (SSSR count). The topological polar surface area (TPSA) is 128 Å². The fraction of sp³-hybridized carbons (Fsp3) is 0.450. The molecule has 0 radical (unpaired) electrons. The van der Waals surface area contributed by atoms with Gasteiger partial charge in [-0.25, -0.2) is 23.5 Å². The van der Waals surface area contributed by atoms with Gasteiger partial charge >= 0.3 is 12.4 Å². The highest BCUT2D eigenvalue weighted by Gasteiger charge is 2.46. The molecule has 1 aliphatic rings. The van der Waals surface area contributed by atoms with E-state index < -0.39 is 68.3 Å². The van der Waals surface area contributed by atoms with Crippen molar-refractivity contribution in [2.45, 2.75) is 37.3 Å². The summed E-state index contributed by atoms with van der Waals surface area (Å²) in [6.07, 6.45) is -10.6. The van der Waals surface area contributed by atoms with Crippen molar-refractivity contribution < 1.29 is 44.3 Å². The van der Waals surface area contributed by atoms with Crippen molar-refractivity contribution in [1.29, 1.82) is 0 Å². The van der Waals surface area contributed by atoms with Gasteiger partial charge in [0.05, 0.1) is 24.3 Å². The Labute approximate surface area is 201 Å². The lowest BCUT2D eigenvalue weighted by molar-refractivity contribution is -0.218. The van der Waals surface area contributed by atoms with Crippen molar-refractivity contribution >= 4 is 27.4 Å². The molecule has 16 heteroatoms. The van der Waals surface area contributed by atoms with Crippen molar-refractivity contribution in [2.75, 3.05) is 29.9 Å². The number of ether oxygens (including phenoxy) is 1. The molecule has 3 heterocycles. The van der Waals surface area contributed by atoms with E-state index in [2.05, 4.69) is 15.3 Å². The van der Waals surface area contributed by atoms with Crippen molar-refractivity contribution in [2.24, 2.45) is 10.6 Å². The molecule has 9 nitrogen and oxygen atoms in total. The molecule has 0 spiro atoms. The molecule has 1 aliphatic heterocycles. The highest BCUT2D eigenvalue weighted by molar-refractivity contribution is 7.89. The van der Waals surface area contributed by atoms with Gasteiger partial charge in [0.15, 0.2) is 11.1 Å². The van der Waals surface area contributed by atoms with E-state index >= 15 is 0 Å². The Bertz CT molecular complexity index is 1250. The summed E-state index contributed by atoms with van der Waals surface area (Å²) in [5, 5.41) is 6.59. The first kappa shape index (κ1) is 27.6. The Kier molecular flexibility index (Phi) is 7.27. The first-order valence-corrected chi connectivity index (χ1v) is 11.7. The number of nitrogens with zero attached hydrogens (tertiary/aromatic N) is 3. The SMILES string of the molecule is CC1(C)CO[C@@H](C(F)(F)F)CN(c2ncc(C(F)(F)F)cc2C(=O)Nc2ccnc(S(N)(=O)=O)c2)C1. The molecule has 2 aromatic heterocycles. The van der Waals surface area contributed by atoms with E-state index in [9.17, 15) is 39.6 Å². The fourth-order valence-corrected chi connectivity index (χ4v) is 3.94. The highest BCUT2D eigenvalue weighted by Crippen LogP contribution is 2.36. The maximum absolute atomic E-state index is 13.5. The van der Waals surface area contributed by atoms with Gasteiger partial charge in [0.1, 0.15) is 5.82 Å². The van der Waals surface area contributed by atoms with Gasteiger partial charge in [-0.05, 0) is 12.1 Å². The molecular weight excluding hydrogens is 520 g/mol. The van der Waals surface area contributed by atoms with Crippen LogP contribution in [0.3, 0.4) is 0 Å². The van der Waals surface area contributed by atoms with Crippen LogP contribution in [0.1, 0.15) is 29.8 Å². The standard InChI is InChI=1S/C20H21F6N5O4S/c1-18(2)9-31(8-14(35-10-18)20(24,25)26)16-13(5-11(7-29-16)19(21,22)23)17(32)30-12-3-4-28-15(6-12)36(27,33)34/h3-7,14H,8-10H2,1-2H3,(H2,27,33,34)(H,28,30,32)/t14-/m1/s1. The van der Waals surface area contributed by atoms with Crippen LogP contribution in [0.25, 0.3) is 0 Å². The summed E-state index contributed by atoms with van der Waals surface area (Å²) in [6, 6.07) is 2.48. The van der Waals surface area contributed by atoms with E-state index in [4.69, 9.17) is 9.88 Å². The number of halogens is 6. The minimum atomic E-state index is -4.91. The number of rotatable bonds is 4. The Hall–Kier alpha value is -2.98. The third-order valence-electron chi connectivity index (χ3n) is 5.07. The molecule has 36 heavy (non-hydrogen) atoms. The maximum Gasteiger partial charge on any atom is 0.417 e. The zero-order valence-corrected chi connectivity index (χ0v) is 19.6. The molecule has 0 aromatic carbocycles. The summed E-state index contributed by atoms with van der Waals surface area (Å²) in [5.41, 5.74) is -3.06. The Balaban J connectivity index is 2.08. The third kappa shape index (κ3) is 6.61. The summed E-state index contributed by atoms with van der Waals surface area (Å²) >= 11 is 0. The number of nitrogens with two attached hydrogens (primary N) is 1. The van der Waals surface area contributed by atoms with Crippen LogP contribution in [-0.2, 0) is 20.9 Å². The monoisotopic (exact) mass is 541 g/mol. The number of carbonyl (C=O) groups is 1. The van der Waals surface area contributed by atoms with Crippen molar-refractivity contribution in [3.8, 4) is 0 Å². The molecule has 1 amide bonds. The van der Waals surface area contributed by atoms with Crippen LogP contribution in [-0.4, -0.2) is 56.3 Å². The zero-order chi connectivity index (χ0) is 27.1. The van der Waals surface area contributed by atoms with E-state index in [1.54, 1.807) is 13.8 Å². The minimum Gasteiger partial charge on any atom is -0.366 e. The number of aromatic nitrogens is 2. The normalized spacial score (nSPS) is 19.0. The predicted molar refractivity (Wildman–Crippen MR) is 115 cm³/mol. The highest BCUT2D eigenvalue weighted by atomic mass is 32.2. The van der Waals surface area contributed by atoms with Crippen LogP contribution in [0, 0.1) is 5.41 Å². The molecular formula is C20H21F6N5O4S. The summed E-state index contributed by atoms with van der Waals surface area (Å²) < 4.78 is 109. The Morgan fingerprint density at radius 3 is 2.44 bits per heavy atom. The number of hydrogen-bond acceptors (Lipinski definition) is 7. The molecule has 1 saturated heterocycles. The van der Waals surface area contributed by atoms with Crippen LogP contribution in [0.4, 0.5) is 37.8 Å². The number of nitrogens with one attached hydrogen (secondary N) is 1.